The van der Waals surface area contributed by atoms with Crippen LogP contribution in [-0.4, -0.2) is 53.5 Å². The molecule has 1 fully saturated rings. The van der Waals surface area contributed by atoms with Gasteiger partial charge in [0.15, 0.2) is 11.6 Å². The third kappa shape index (κ3) is 4.95. The molecule has 1 atom stereocenters. The van der Waals surface area contributed by atoms with Crippen molar-refractivity contribution < 1.29 is 13.9 Å². The molecule has 6 nitrogen and oxygen atoms in total. The lowest BCUT2D eigenvalue weighted by Gasteiger charge is -2.20. The van der Waals surface area contributed by atoms with Gasteiger partial charge >= 0.3 is 0 Å². The molecular formula is C26H24ClFN4O2. The molecule has 0 radical (unpaired) electrons. The number of carbonyl (C=O) groups excluding carboxylic acids is 1. The number of aromatic nitrogens is 2. The Bertz CT molecular complexity index is 1330. The molecule has 1 saturated heterocycles. The first-order valence-electron chi connectivity index (χ1n) is 10.7. The molecule has 1 N–H and O–H groups in total. The quantitative estimate of drug-likeness (QED) is 0.414. The highest BCUT2D eigenvalue weighted by atomic mass is 35.5. The number of rotatable bonds is 6. The standard InChI is InChI=1S/C26H24ClFN4O2/c1-4-19(33)12-18-13-20-23(14-17(18)8-9-26(34-3)10-11-32(2)15-26)29-16-30-25(20)31-22-7-5-6-21(27)24(22)28/h4-7,13-14,16H,1,10-12,15H2,2-3H3,(H,29,30,31)/t26-/m1/s1. The molecule has 0 spiro atoms. The Morgan fingerprint density at radius 2 is 2.24 bits per heavy atom. The molecule has 2 aromatic carbocycles. The molecule has 0 unspecified atom stereocenters. The molecule has 0 bridgehead atoms. The second-order valence-electron chi connectivity index (χ2n) is 8.26. The fraction of sp³-hybridized carbons (Fsp3) is 0.269. The van der Waals surface area contributed by atoms with E-state index in [9.17, 15) is 9.18 Å². The van der Waals surface area contributed by atoms with Crippen molar-refractivity contribution in [3.8, 4) is 11.8 Å². The third-order valence-electron chi connectivity index (χ3n) is 5.90. The van der Waals surface area contributed by atoms with Crippen LogP contribution in [-0.2, 0) is 16.0 Å². The number of ketones is 1. The zero-order chi connectivity index (χ0) is 24.3. The number of benzene rings is 2. The highest BCUT2D eigenvalue weighted by Gasteiger charge is 2.35. The summed E-state index contributed by atoms with van der Waals surface area (Å²) >= 11 is 5.92. The van der Waals surface area contributed by atoms with E-state index in [4.69, 9.17) is 16.3 Å². The zero-order valence-electron chi connectivity index (χ0n) is 19.0. The van der Waals surface area contributed by atoms with E-state index in [1.165, 1.54) is 18.5 Å². The number of hydrogen-bond acceptors (Lipinski definition) is 6. The average molecular weight is 479 g/mol. The Hall–Kier alpha value is -3.31. The van der Waals surface area contributed by atoms with E-state index < -0.39 is 11.4 Å². The molecule has 4 rings (SSSR count). The maximum atomic E-state index is 14.5. The van der Waals surface area contributed by atoms with Crippen molar-refractivity contribution >= 4 is 39.8 Å². The first-order chi connectivity index (χ1) is 16.3. The van der Waals surface area contributed by atoms with E-state index in [1.54, 1.807) is 19.2 Å². The van der Waals surface area contributed by atoms with E-state index in [0.717, 1.165) is 13.0 Å². The van der Waals surface area contributed by atoms with Crippen molar-refractivity contribution in [2.45, 2.75) is 18.4 Å². The molecule has 1 aliphatic heterocycles. The Morgan fingerprint density at radius 1 is 1.41 bits per heavy atom. The number of likely N-dealkylation sites (tertiary alicyclic amines) is 1. The summed E-state index contributed by atoms with van der Waals surface area (Å²) in [5.41, 5.74) is 1.60. The van der Waals surface area contributed by atoms with Gasteiger partial charge in [0.2, 0.25) is 0 Å². The summed E-state index contributed by atoms with van der Waals surface area (Å²) < 4.78 is 20.2. The Kier molecular flexibility index (Phi) is 6.94. The molecule has 1 aliphatic rings. The Balaban J connectivity index is 1.80. The van der Waals surface area contributed by atoms with Gasteiger partial charge in [0.05, 0.1) is 16.2 Å². The van der Waals surface area contributed by atoms with Gasteiger partial charge in [-0.25, -0.2) is 14.4 Å². The first kappa shape index (κ1) is 23.8. The van der Waals surface area contributed by atoms with E-state index in [2.05, 4.69) is 38.6 Å². The molecule has 2 heterocycles. The predicted molar refractivity (Wildman–Crippen MR) is 132 cm³/mol. The number of anilines is 2. The van der Waals surface area contributed by atoms with Crippen LogP contribution in [0.2, 0.25) is 5.02 Å². The lowest BCUT2D eigenvalue weighted by molar-refractivity contribution is -0.114. The number of hydrogen-bond donors (Lipinski definition) is 1. The summed E-state index contributed by atoms with van der Waals surface area (Å²) in [5, 5.41) is 3.62. The molecular weight excluding hydrogens is 455 g/mol. The van der Waals surface area contributed by atoms with Crippen molar-refractivity contribution in [2.24, 2.45) is 0 Å². The highest BCUT2D eigenvalue weighted by molar-refractivity contribution is 6.31. The monoisotopic (exact) mass is 478 g/mol. The molecule has 0 amide bonds. The van der Waals surface area contributed by atoms with Gasteiger partial charge in [0, 0.05) is 44.0 Å². The number of likely N-dealkylation sites (N-methyl/N-ethyl adjacent to an activating group) is 1. The summed E-state index contributed by atoms with van der Waals surface area (Å²) in [4.78, 5) is 23.1. The fourth-order valence-electron chi connectivity index (χ4n) is 3.96. The number of carbonyl (C=O) groups is 1. The topological polar surface area (TPSA) is 67.3 Å². The maximum absolute atomic E-state index is 14.5. The highest BCUT2D eigenvalue weighted by Crippen LogP contribution is 2.30. The van der Waals surface area contributed by atoms with Crippen molar-refractivity contribution in [1.82, 2.24) is 14.9 Å². The number of nitrogens with zero attached hydrogens (tertiary/aromatic N) is 3. The van der Waals surface area contributed by atoms with Crippen LogP contribution in [0.25, 0.3) is 10.9 Å². The van der Waals surface area contributed by atoms with Crippen molar-refractivity contribution in [2.75, 3.05) is 32.6 Å². The van der Waals surface area contributed by atoms with Crippen LogP contribution in [0, 0.1) is 17.7 Å². The number of nitrogens with one attached hydrogen (secondary N) is 1. The van der Waals surface area contributed by atoms with Gasteiger partial charge in [0.25, 0.3) is 0 Å². The number of halogens is 2. The van der Waals surface area contributed by atoms with Gasteiger partial charge in [-0.15, -0.1) is 0 Å². The molecule has 8 heteroatoms. The van der Waals surface area contributed by atoms with Crippen LogP contribution < -0.4 is 5.32 Å². The van der Waals surface area contributed by atoms with Crippen molar-refractivity contribution in [3.05, 3.63) is 71.3 Å². The van der Waals surface area contributed by atoms with Gasteiger partial charge in [0.1, 0.15) is 17.7 Å². The van der Waals surface area contributed by atoms with Gasteiger partial charge in [-0.3, -0.25) is 4.79 Å². The van der Waals surface area contributed by atoms with Gasteiger partial charge in [-0.1, -0.05) is 36.1 Å². The summed E-state index contributed by atoms with van der Waals surface area (Å²) in [6, 6.07) is 8.31. The SMILES string of the molecule is C=CC(=O)Cc1cc2c(Nc3cccc(Cl)c3F)ncnc2cc1C#C[C@@]1(OC)CCN(C)C1. The Morgan fingerprint density at radius 3 is 2.94 bits per heavy atom. The Labute approximate surface area is 202 Å². The minimum atomic E-state index is -0.577. The lowest BCUT2D eigenvalue weighted by atomic mass is 9.97. The molecule has 0 aliphatic carbocycles. The van der Waals surface area contributed by atoms with Gasteiger partial charge < -0.3 is 15.0 Å². The summed E-state index contributed by atoms with van der Waals surface area (Å²) in [7, 11) is 3.69. The zero-order valence-corrected chi connectivity index (χ0v) is 19.7. The van der Waals surface area contributed by atoms with Crippen LogP contribution in [0.5, 0.6) is 0 Å². The second kappa shape index (κ2) is 9.90. The van der Waals surface area contributed by atoms with Gasteiger partial charge in [-0.05, 0) is 43.0 Å². The number of methoxy groups -OCH3 is 1. The molecule has 174 valence electrons. The molecule has 34 heavy (non-hydrogen) atoms. The number of fused-ring (bicyclic) bond motifs is 1. The maximum Gasteiger partial charge on any atom is 0.165 e. The van der Waals surface area contributed by atoms with Crippen molar-refractivity contribution in [3.63, 3.8) is 0 Å². The normalized spacial score (nSPS) is 17.9. The fourth-order valence-corrected chi connectivity index (χ4v) is 4.14. The molecule has 3 aromatic rings. The van der Waals surface area contributed by atoms with E-state index >= 15 is 0 Å². The van der Waals surface area contributed by atoms with Crippen LogP contribution in [0.3, 0.4) is 0 Å². The average Bonchev–Trinajstić information content (AvgIpc) is 3.22. The van der Waals surface area contributed by atoms with Crippen LogP contribution in [0.4, 0.5) is 15.9 Å². The number of allylic oxidation sites excluding steroid dienone is 1. The van der Waals surface area contributed by atoms with E-state index in [1.807, 2.05) is 19.2 Å². The first-order valence-corrected chi connectivity index (χ1v) is 11.1. The minimum Gasteiger partial charge on any atom is -0.364 e. The summed E-state index contributed by atoms with van der Waals surface area (Å²) in [6.07, 6.45) is 3.58. The van der Waals surface area contributed by atoms with Gasteiger partial charge in [-0.2, -0.15) is 0 Å². The van der Waals surface area contributed by atoms with Crippen molar-refractivity contribution in [1.29, 1.82) is 0 Å². The summed E-state index contributed by atoms with van der Waals surface area (Å²) in [6.45, 7) is 5.17. The predicted octanol–water partition coefficient (Wildman–Crippen LogP) is 4.54. The van der Waals surface area contributed by atoms with E-state index in [-0.39, 0.29) is 22.9 Å². The second-order valence-corrected chi connectivity index (χ2v) is 8.67. The summed E-state index contributed by atoms with van der Waals surface area (Å²) in [5.74, 6) is 6.18. The lowest BCUT2D eigenvalue weighted by Crippen LogP contribution is -2.32. The van der Waals surface area contributed by atoms with E-state index in [0.29, 0.717) is 34.4 Å². The molecule has 1 aromatic heterocycles. The third-order valence-corrected chi connectivity index (χ3v) is 6.19. The smallest absolute Gasteiger partial charge is 0.165 e. The largest absolute Gasteiger partial charge is 0.364 e. The molecule has 0 saturated carbocycles. The van der Waals surface area contributed by atoms with Crippen LogP contribution in [0.15, 0.2) is 49.3 Å². The number of ether oxygens (including phenoxy) is 1. The van der Waals surface area contributed by atoms with Crippen LogP contribution in [0.1, 0.15) is 17.5 Å². The minimum absolute atomic E-state index is 0.00261. The van der Waals surface area contributed by atoms with Crippen LogP contribution >= 0.6 is 11.6 Å².